The minimum Gasteiger partial charge on any atom is -0.493 e. The maximum Gasteiger partial charge on any atom is 0.407 e. The van der Waals surface area contributed by atoms with Crippen LogP contribution in [0.3, 0.4) is 0 Å². The Morgan fingerprint density at radius 3 is 2.83 bits per heavy atom. The fourth-order valence-electron chi connectivity index (χ4n) is 3.75. The van der Waals surface area contributed by atoms with Gasteiger partial charge in [-0.3, -0.25) is 4.98 Å². The summed E-state index contributed by atoms with van der Waals surface area (Å²) in [5.74, 6) is 1.45. The van der Waals surface area contributed by atoms with Crippen LogP contribution in [0.1, 0.15) is 17.9 Å². The molecule has 1 fully saturated rings. The smallest absolute Gasteiger partial charge is 0.407 e. The van der Waals surface area contributed by atoms with Crippen LogP contribution >= 0.6 is 0 Å². The molecule has 3 heterocycles. The maximum atomic E-state index is 11.3. The summed E-state index contributed by atoms with van der Waals surface area (Å²) in [7, 11) is 0. The summed E-state index contributed by atoms with van der Waals surface area (Å²) in [5, 5.41) is 9.30. The minimum atomic E-state index is -0.828. The Bertz CT molecular complexity index is 732. The molecule has 1 amide bonds. The molecule has 0 radical (unpaired) electrons. The van der Waals surface area contributed by atoms with Gasteiger partial charge in [-0.15, -0.1) is 0 Å². The average Bonchev–Trinajstić information content (AvgIpc) is 2.92. The van der Waals surface area contributed by atoms with E-state index in [0.29, 0.717) is 25.6 Å². The molecule has 5 heteroatoms. The second kappa shape index (κ2) is 5.57. The molecule has 0 spiro atoms. The second-order valence-corrected chi connectivity index (χ2v) is 6.15. The van der Waals surface area contributed by atoms with E-state index < -0.39 is 6.09 Å². The number of aromatic nitrogens is 1. The van der Waals surface area contributed by atoms with Crippen molar-refractivity contribution in [3.8, 4) is 16.9 Å². The molecule has 23 heavy (non-hydrogen) atoms. The van der Waals surface area contributed by atoms with Crippen molar-refractivity contribution in [1.82, 2.24) is 9.88 Å². The van der Waals surface area contributed by atoms with E-state index in [4.69, 9.17) is 4.74 Å². The average molecular weight is 310 g/mol. The number of ether oxygens (including phenoxy) is 1. The van der Waals surface area contributed by atoms with Gasteiger partial charge >= 0.3 is 6.09 Å². The Morgan fingerprint density at radius 2 is 2.04 bits per heavy atom. The molecule has 0 aliphatic carbocycles. The van der Waals surface area contributed by atoms with E-state index >= 15 is 0 Å². The van der Waals surface area contributed by atoms with Gasteiger partial charge in [0.05, 0.1) is 6.61 Å². The summed E-state index contributed by atoms with van der Waals surface area (Å²) in [6.45, 7) is 1.78. The number of nitrogens with zero attached hydrogens (tertiary/aromatic N) is 2. The number of pyridine rings is 1. The molecule has 1 aromatic heterocycles. The highest BCUT2D eigenvalue weighted by Gasteiger charge is 2.39. The highest BCUT2D eigenvalue weighted by molar-refractivity contribution is 5.73. The summed E-state index contributed by atoms with van der Waals surface area (Å²) in [4.78, 5) is 16.9. The van der Waals surface area contributed by atoms with E-state index in [9.17, 15) is 9.90 Å². The van der Waals surface area contributed by atoms with Gasteiger partial charge in [-0.25, -0.2) is 4.79 Å². The van der Waals surface area contributed by atoms with Gasteiger partial charge in [0.15, 0.2) is 0 Å². The molecule has 5 nitrogen and oxygen atoms in total. The molecule has 118 valence electrons. The second-order valence-electron chi connectivity index (χ2n) is 6.15. The zero-order valence-corrected chi connectivity index (χ0v) is 12.7. The van der Waals surface area contributed by atoms with Gasteiger partial charge in [0, 0.05) is 37.0 Å². The molecular weight excluding hydrogens is 292 g/mol. The quantitative estimate of drug-likeness (QED) is 0.878. The lowest BCUT2D eigenvalue weighted by molar-refractivity contribution is 0.152. The first-order chi connectivity index (χ1) is 11.2. The Balaban J connectivity index is 1.78. The molecule has 0 saturated carbocycles. The Kier molecular flexibility index (Phi) is 3.41. The van der Waals surface area contributed by atoms with Gasteiger partial charge in [0.25, 0.3) is 0 Å². The number of hydrogen-bond acceptors (Lipinski definition) is 3. The van der Waals surface area contributed by atoms with Crippen LogP contribution in [0.25, 0.3) is 11.1 Å². The first-order valence-corrected chi connectivity index (χ1v) is 7.88. The highest BCUT2D eigenvalue weighted by Crippen LogP contribution is 2.45. The van der Waals surface area contributed by atoms with E-state index in [1.165, 1.54) is 4.90 Å². The predicted molar refractivity (Wildman–Crippen MR) is 85.6 cm³/mol. The summed E-state index contributed by atoms with van der Waals surface area (Å²) < 4.78 is 6.08. The number of amides is 1. The van der Waals surface area contributed by atoms with Gasteiger partial charge in [-0.05, 0) is 35.6 Å². The number of fused-ring (bicyclic) bond motifs is 3. The SMILES string of the molecule is O=C(O)N1CC2CCOc3c(-c4ccncc4)cccc3[C@H]2C1. The summed E-state index contributed by atoms with van der Waals surface area (Å²) in [5.41, 5.74) is 3.26. The fourth-order valence-corrected chi connectivity index (χ4v) is 3.75. The Hall–Kier alpha value is -2.56. The molecule has 4 rings (SSSR count). The third kappa shape index (κ3) is 2.42. The number of para-hydroxylation sites is 1. The lowest BCUT2D eigenvalue weighted by atomic mass is 9.86. The van der Waals surface area contributed by atoms with Crippen LogP contribution in [-0.2, 0) is 0 Å². The van der Waals surface area contributed by atoms with E-state index in [2.05, 4.69) is 17.1 Å². The normalized spacial score (nSPS) is 22.7. The standard InChI is InChI=1S/C18H18N2O3/c21-18(22)20-10-13-6-9-23-17-14(12-4-7-19-8-5-12)2-1-3-15(17)16(13)11-20/h1-5,7-8,13,16H,6,9-11H2,(H,21,22)/t13?,16-/m0/s1. The zero-order valence-electron chi connectivity index (χ0n) is 12.7. The van der Waals surface area contributed by atoms with Crippen molar-refractivity contribution >= 4 is 6.09 Å². The van der Waals surface area contributed by atoms with Crippen molar-refractivity contribution < 1.29 is 14.6 Å². The van der Waals surface area contributed by atoms with Gasteiger partial charge in [-0.1, -0.05) is 18.2 Å². The number of carbonyl (C=O) groups is 1. The van der Waals surface area contributed by atoms with E-state index in [-0.39, 0.29) is 5.92 Å². The van der Waals surface area contributed by atoms with Crippen LogP contribution < -0.4 is 4.74 Å². The number of benzene rings is 1. The monoisotopic (exact) mass is 310 g/mol. The summed E-state index contributed by atoms with van der Waals surface area (Å²) in [6.07, 6.45) is 3.61. The lowest BCUT2D eigenvalue weighted by Crippen LogP contribution is -2.27. The fraction of sp³-hybridized carbons (Fsp3) is 0.333. The van der Waals surface area contributed by atoms with Crippen molar-refractivity contribution in [2.24, 2.45) is 5.92 Å². The van der Waals surface area contributed by atoms with Crippen molar-refractivity contribution in [3.63, 3.8) is 0 Å². The van der Waals surface area contributed by atoms with Gasteiger partial charge in [-0.2, -0.15) is 0 Å². The maximum absolute atomic E-state index is 11.3. The molecule has 1 aromatic carbocycles. The number of hydrogen-bond donors (Lipinski definition) is 1. The molecule has 2 aliphatic rings. The Morgan fingerprint density at radius 1 is 1.22 bits per heavy atom. The van der Waals surface area contributed by atoms with Gasteiger partial charge in [0.2, 0.25) is 0 Å². The lowest BCUT2D eigenvalue weighted by Gasteiger charge is -2.18. The first kappa shape index (κ1) is 14.1. The molecule has 1 N–H and O–H groups in total. The van der Waals surface area contributed by atoms with Crippen LogP contribution in [0.4, 0.5) is 4.79 Å². The van der Waals surface area contributed by atoms with Crippen molar-refractivity contribution in [2.45, 2.75) is 12.3 Å². The summed E-state index contributed by atoms with van der Waals surface area (Å²) in [6, 6.07) is 10.1. The third-order valence-electron chi connectivity index (χ3n) is 4.88. The number of likely N-dealkylation sites (tertiary alicyclic amines) is 1. The van der Waals surface area contributed by atoms with Crippen molar-refractivity contribution in [1.29, 1.82) is 0 Å². The van der Waals surface area contributed by atoms with Crippen LogP contribution in [-0.4, -0.2) is 40.8 Å². The van der Waals surface area contributed by atoms with Crippen molar-refractivity contribution in [2.75, 3.05) is 19.7 Å². The van der Waals surface area contributed by atoms with E-state index in [1.54, 1.807) is 12.4 Å². The Labute approximate surface area is 134 Å². The van der Waals surface area contributed by atoms with E-state index in [0.717, 1.165) is 28.9 Å². The molecule has 2 aliphatic heterocycles. The van der Waals surface area contributed by atoms with Gasteiger partial charge < -0.3 is 14.7 Å². The topological polar surface area (TPSA) is 62.7 Å². The summed E-state index contributed by atoms with van der Waals surface area (Å²) >= 11 is 0. The first-order valence-electron chi connectivity index (χ1n) is 7.88. The minimum absolute atomic E-state index is 0.213. The number of rotatable bonds is 1. The zero-order chi connectivity index (χ0) is 15.8. The van der Waals surface area contributed by atoms with Crippen LogP contribution in [0.5, 0.6) is 5.75 Å². The molecule has 2 aromatic rings. The van der Waals surface area contributed by atoms with E-state index in [1.807, 2.05) is 18.2 Å². The van der Waals surface area contributed by atoms with Crippen LogP contribution in [0.2, 0.25) is 0 Å². The molecule has 0 bridgehead atoms. The molecule has 1 saturated heterocycles. The number of carboxylic acid groups (broad SMARTS) is 1. The highest BCUT2D eigenvalue weighted by atomic mass is 16.5. The molecular formula is C18H18N2O3. The van der Waals surface area contributed by atoms with Crippen molar-refractivity contribution in [3.05, 3.63) is 48.3 Å². The van der Waals surface area contributed by atoms with Crippen LogP contribution in [0.15, 0.2) is 42.7 Å². The third-order valence-corrected chi connectivity index (χ3v) is 4.88. The predicted octanol–water partition coefficient (Wildman–Crippen LogP) is 3.22. The molecule has 1 unspecified atom stereocenters. The largest absolute Gasteiger partial charge is 0.493 e. The van der Waals surface area contributed by atoms with Gasteiger partial charge in [0.1, 0.15) is 5.75 Å². The van der Waals surface area contributed by atoms with Crippen LogP contribution in [0, 0.1) is 5.92 Å². The molecule has 2 atom stereocenters.